The van der Waals surface area contributed by atoms with E-state index in [1.165, 1.54) is 12.7 Å². The third-order valence-electron chi connectivity index (χ3n) is 1.89. The largest absolute Gasteiger partial charge is 0.290 e. The van der Waals surface area contributed by atoms with Crippen LogP contribution in [0.5, 0.6) is 0 Å². The van der Waals surface area contributed by atoms with Crippen molar-refractivity contribution >= 4 is 11.1 Å². The summed E-state index contributed by atoms with van der Waals surface area (Å²) in [6, 6.07) is 7.65. The molecule has 13 heavy (non-hydrogen) atoms. The molecule has 0 saturated heterocycles. The van der Waals surface area contributed by atoms with Crippen LogP contribution in [0, 0.1) is 0 Å². The summed E-state index contributed by atoms with van der Waals surface area (Å²) in [6.45, 7) is 4.25. The molecule has 1 aromatic carbocycles. The molecule has 0 bridgehead atoms. The van der Waals surface area contributed by atoms with Crippen molar-refractivity contribution in [3.63, 3.8) is 0 Å². The van der Waals surface area contributed by atoms with Gasteiger partial charge in [0.2, 0.25) is 0 Å². The average molecular weight is 198 g/mol. The van der Waals surface area contributed by atoms with E-state index in [9.17, 15) is 4.21 Å². The zero-order valence-corrected chi connectivity index (χ0v) is 8.93. The van der Waals surface area contributed by atoms with Gasteiger partial charge in [-0.2, -0.15) is 0 Å². The van der Waals surface area contributed by atoms with Crippen molar-refractivity contribution in [2.24, 2.45) is 0 Å². The van der Waals surface area contributed by atoms with Gasteiger partial charge >= 0.3 is 0 Å². The van der Waals surface area contributed by atoms with Gasteiger partial charge in [-0.3, -0.25) is 4.18 Å². The van der Waals surface area contributed by atoms with E-state index in [1.54, 1.807) is 0 Å². The van der Waals surface area contributed by atoms with E-state index in [-0.39, 0.29) is 0 Å². The van der Waals surface area contributed by atoms with Gasteiger partial charge in [-0.1, -0.05) is 26.0 Å². The average Bonchev–Trinajstić information content (AvgIpc) is 2.17. The topological polar surface area (TPSA) is 26.3 Å². The van der Waals surface area contributed by atoms with Gasteiger partial charge in [-0.05, 0) is 23.6 Å². The highest BCUT2D eigenvalue weighted by molar-refractivity contribution is 7.80. The van der Waals surface area contributed by atoms with Gasteiger partial charge in [-0.25, -0.2) is 4.21 Å². The molecule has 0 heterocycles. The van der Waals surface area contributed by atoms with Gasteiger partial charge < -0.3 is 0 Å². The molecule has 0 fully saturated rings. The van der Waals surface area contributed by atoms with Crippen molar-refractivity contribution in [1.82, 2.24) is 0 Å². The lowest BCUT2D eigenvalue weighted by Gasteiger charge is -2.05. The highest BCUT2D eigenvalue weighted by Crippen LogP contribution is 2.16. The van der Waals surface area contributed by atoms with E-state index in [0.717, 1.165) is 0 Å². The SMILES string of the molecule is COS(=O)c1ccc(C(C)C)cc1. The molecule has 0 amide bonds. The first-order chi connectivity index (χ1) is 6.15. The molecule has 1 rings (SSSR count). The first-order valence-electron chi connectivity index (χ1n) is 4.21. The molecule has 2 nitrogen and oxygen atoms in total. The van der Waals surface area contributed by atoms with Crippen molar-refractivity contribution in [2.75, 3.05) is 7.11 Å². The van der Waals surface area contributed by atoms with E-state index in [4.69, 9.17) is 4.18 Å². The predicted molar refractivity (Wildman–Crippen MR) is 53.9 cm³/mol. The maximum atomic E-state index is 11.2. The fourth-order valence-corrected chi connectivity index (χ4v) is 1.61. The third kappa shape index (κ3) is 2.64. The zero-order valence-electron chi connectivity index (χ0n) is 8.11. The highest BCUT2D eigenvalue weighted by atomic mass is 32.2. The minimum absolute atomic E-state index is 0.505. The quantitative estimate of drug-likeness (QED) is 0.745. The molecule has 0 aromatic heterocycles. The Balaban J connectivity index is 2.87. The standard InChI is InChI=1S/C10H14O2S/c1-8(2)9-4-6-10(7-5-9)13(11)12-3/h4-8H,1-3H3. The van der Waals surface area contributed by atoms with E-state index >= 15 is 0 Å². The van der Waals surface area contributed by atoms with E-state index in [0.29, 0.717) is 10.8 Å². The second-order valence-electron chi connectivity index (χ2n) is 3.13. The lowest BCUT2D eigenvalue weighted by molar-refractivity contribution is 0.445. The van der Waals surface area contributed by atoms with Gasteiger partial charge in [-0.15, -0.1) is 0 Å². The second kappa shape index (κ2) is 4.53. The molecule has 0 aliphatic heterocycles. The van der Waals surface area contributed by atoms with Crippen LogP contribution >= 0.6 is 0 Å². The second-order valence-corrected chi connectivity index (χ2v) is 4.40. The summed E-state index contributed by atoms with van der Waals surface area (Å²) in [5, 5.41) is 0. The maximum absolute atomic E-state index is 11.2. The van der Waals surface area contributed by atoms with Gasteiger partial charge in [0.25, 0.3) is 0 Å². The van der Waals surface area contributed by atoms with Crippen LogP contribution in [0.15, 0.2) is 29.2 Å². The molecule has 0 saturated carbocycles. The molecule has 0 radical (unpaired) electrons. The van der Waals surface area contributed by atoms with Crippen LogP contribution in [0.25, 0.3) is 0 Å². The van der Waals surface area contributed by atoms with Gasteiger partial charge in [0.1, 0.15) is 0 Å². The fraction of sp³-hybridized carbons (Fsp3) is 0.400. The van der Waals surface area contributed by atoms with Gasteiger partial charge in [0.15, 0.2) is 11.1 Å². The Hall–Kier alpha value is -0.670. The molecule has 1 unspecified atom stereocenters. The molecule has 0 aliphatic rings. The molecule has 3 heteroatoms. The Bertz CT molecular complexity index is 290. The third-order valence-corrected chi connectivity index (χ3v) is 2.85. The summed E-state index contributed by atoms with van der Waals surface area (Å²) in [6.07, 6.45) is 0. The minimum Gasteiger partial charge on any atom is -0.290 e. The number of hydrogen-bond acceptors (Lipinski definition) is 2. The van der Waals surface area contributed by atoms with Crippen LogP contribution in [0.2, 0.25) is 0 Å². The Labute approximate surface area is 81.6 Å². The van der Waals surface area contributed by atoms with E-state index in [2.05, 4.69) is 13.8 Å². The molecule has 0 aliphatic carbocycles. The molecule has 0 N–H and O–H groups in total. The van der Waals surface area contributed by atoms with E-state index in [1.807, 2.05) is 24.3 Å². The fourth-order valence-electron chi connectivity index (χ4n) is 1.06. The maximum Gasteiger partial charge on any atom is 0.188 e. The summed E-state index contributed by atoms with van der Waals surface area (Å²) in [7, 11) is 1.44. The highest BCUT2D eigenvalue weighted by Gasteiger charge is 2.03. The van der Waals surface area contributed by atoms with Crippen molar-refractivity contribution in [2.45, 2.75) is 24.7 Å². The van der Waals surface area contributed by atoms with Crippen LogP contribution in [0.3, 0.4) is 0 Å². The summed E-state index contributed by atoms with van der Waals surface area (Å²) >= 11 is -1.31. The van der Waals surface area contributed by atoms with Crippen LogP contribution in [-0.4, -0.2) is 11.3 Å². The Morgan fingerprint density at radius 2 is 1.77 bits per heavy atom. The summed E-state index contributed by atoms with van der Waals surface area (Å²) < 4.78 is 15.9. The van der Waals surface area contributed by atoms with Crippen molar-refractivity contribution < 1.29 is 8.39 Å². The Morgan fingerprint density at radius 1 is 1.23 bits per heavy atom. The monoisotopic (exact) mass is 198 g/mol. The molecular formula is C10H14O2S. The summed E-state index contributed by atoms with van der Waals surface area (Å²) in [4.78, 5) is 0.715. The first kappa shape index (κ1) is 10.4. The smallest absolute Gasteiger partial charge is 0.188 e. The Kier molecular flexibility index (Phi) is 3.63. The molecule has 0 spiro atoms. The van der Waals surface area contributed by atoms with Crippen LogP contribution in [-0.2, 0) is 15.3 Å². The predicted octanol–water partition coefficient (Wildman–Crippen LogP) is 2.48. The minimum atomic E-state index is -1.31. The number of hydrogen-bond donors (Lipinski definition) is 0. The van der Waals surface area contributed by atoms with Crippen molar-refractivity contribution in [3.05, 3.63) is 29.8 Å². The molecule has 1 atom stereocenters. The lowest BCUT2D eigenvalue weighted by atomic mass is 10.0. The zero-order chi connectivity index (χ0) is 9.84. The van der Waals surface area contributed by atoms with Crippen LogP contribution < -0.4 is 0 Å². The van der Waals surface area contributed by atoms with Crippen LogP contribution in [0.1, 0.15) is 25.3 Å². The molecular weight excluding hydrogens is 184 g/mol. The summed E-state index contributed by atoms with van der Waals surface area (Å²) in [5.74, 6) is 0.505. The molecule has 72 valence electrons. The van der Waals surface area contributed by atoms with E-state index < -0.39 is 11.1 Å². The number of benzene rings is 1. The van der Waals surface area contributed by atoms with Crippen LogP contribution in [0.4, 0.5) is 0 Å². The number of rotatable bonds is 3. The van der Waals surface area contributed by atoms with Crippen molar-refractivity contribution in [1.29, 1.82) is 0 Å². The Morgan fingerprint density at radius 3 is 2.15 bits per heavy atom. The lowest BCUT2D eigenvalue weighted by Crippen LogP contribution is -1.94. The van der Waals surface area contributed by atoms with Gasteiger partial charge in [0, 0.05) is 0 Å². The summed E-state index contributed by atoms with van der Waals surface area (Å²) in [5.41, 5.74) is 1.25. The first-order valence-corrected chi connectivity index (χ1v) is 5.29. The van der Waals surface area contributed by atoms with Gasteiger partial charge in [0.05, 0.1) is 12.0 Å². The van der Waals surface area contributed by atoms with Crippen molar-refractivity contribution in [3.8, 4) is 0 Å². The molecule has 1 aromatic rings. The normalized spacial score (nSPS) is 13.2.